The van der Waals surface area contributed by atoms with Crippen molar-refractivity contribution in [3.05, 3.63) is 0 Å². The number of carbonyl (C=O) groups excluding carboxylic acids is 1. The smallest absolute Gasteiger partial charge is 0.237 e. The maximum atomic E-state index is 12.3. The van der Waals surface area contributed by atoms with Gasteiger partial charge in [0.2, 0.25) is 5.91 Å². The van der Waals surface area contributed by atoms with Crippen molar-refractivity contribution in [2.45, 2.75) is 83.5 Å². The van der Waals surface area contributed by atoms with Crippen LogP contribution in [0.1, 0.15) is 59.8 Å². The molecule has 0 spiro atoms. The van der Waals surface area contributed by atoms with Crippen LogP contribution >= 0.6 is 0 Å². The number of amides is 1. The van der Waals surface area contributed by atoms with E-state index in [1.165, 1.54) is 19.3 Å². The first-order valence-corrected chi connectivity index (χ1v) is 8.18. The lowest BCUT2D eigenvalue weighted by atomic mass is 9.98. The molecule has 2 N–H and O–H groups in total. The molecular formula is C16H31N3O. The molecule has 2 atom stereocenters. The fourth-order valence-electron chi connectivity index (χ4n) is 2.88. The van der Waals surface area contributed by atoms with Crippen LogP contribution in [0.4, 0.5) is 0 Å². The molecule has 116 valence electrons. The Kier molecular flexibility index (Phi) is 5.08. The second-order valence-corrected chi connectivity index (χ2v) is 7.48. The van der Waals surface area contributed by atoms with Gasteiger partial charge in [-0.15, -0.1) is 0 Å². The van der Waals surface area contributed by atoms with Crippen molar-refractivity contribution in [3.63, 3.8) is 0 Å². The number of likely N-dealkylation sites (tertiary alicyclic amines) is 1. The van der Waals surface area contributed by atoms with Crippen LogP contribution in [0.25, 0.3) is 0 Å². The third-order valence-corrected chi connectivity index (χ3v) is 4.34. The summed E-state index contributed by atoms with van der Waals surface area (Å²) in [6.45, 7) is 10.7. The highest BCUT2D eigenvalue weighted by Crippen LogP contribution is 2.22. The topological polar surface area (TPSA) is 44.4 Å². The van der Waals surface area contributed by atoms with Gasteiger partial charge in [-0.1, -0.05) is 6.42 Å². The second-order valence-electron chi connectivity index (χ2n) is 7.48. The summed E-state index contributed by atoms with van der Waals surface area (Å²) in [5.74, 6) is 0.218. The molecule has 1 heterocycles. The van der Waals surface area contributed by atoms with Crippen molar-refractivity contribution in [3.8, 4) is 0 Å². The van der Waals surface area contributed by atoms with Crippen molar-refractivity contribution in [2.24, 2.45) is 0 Å². The average Bonchev–Trinajstić information content (AvgIpc) is 3.19. The largest absolute Gasteiger partial charge is 0.352 e. The molecule has 2 fully saturated rings. The van der Waals surface area contributed by atoms with E-state index in [4.69, 9.17) is 0 Å². The summed E-state index contributed by atoms with van der Waals surface area (Å²) in [6, 6.07) is 0.950. The Morgan fingerprint density at radius 2 is 1.95 bits per heavy atom. The first-order valence-electron chi connectivity index (χ1n) is 8.18. The first-order chi connectivity index (χ1) is 9.37. The van der Waals surface area contributed by atoms with Crippen LogP contribution in [-0.4, -0.2) is 47.6 Å². The van der Waals surface area contributed by atoms with E-state index >= 15 is 0 Å². The summed E-state index contributed by atoms with van der Waals surface area (Å²) in [6.07, 6.45) is 6.02. The molecule has 0 aromatic carbocycles. The lowest BCUT2D eigenvalue weighted by Crippen LogP contribution is -2.56. The van der Waals surface area contributed by atoms with Gasteiger partial charge < -0.3 is 10.6 Å². The Hall–Kier alpha value is -0.610. The van der Waals surface area contributed by atoms with E-state index in [-0.39, 0.29) is 17.5 Å². The molecule has 0 aromatic rings. The summed E-state index contributed by atoms with van der Waals surface area (Å²) < 4.78 is 0. The van der Waals surface area contributed by atoms with Crippen LogP contribution in [0, 0.1) is 0 Å². The molecule has 2 aliphatic rings. The van der Waals surface area contributed by atoms with Gasteiger partial charge in [-0.3, -0.25) is 9.69 Å². The van der Waals surface area contributed by atoms with Gasteiger partial charge in [0.1, 0.15) is 0 Å². The first kappa shape index (κ1) is 15.8. The molecule has 1 saturated heterocycles. The molecule has 1 saturated carbocycles. The Labute approximate surface area is 123 Å². The Bertz CT molecular complexity index is 333. The number of hydrogen-bond acceptors (Lipinski definition) is 3. The molecule has 1 amide bonds. The number of carbonyl (C=O) groups is 1. The van der Waals surface area contributed by atoms with Crippen molar-refractivity contribution < 1.29 is 4.79 Å². The monoisotopic (exact) mass is 281 g/mol. The molecule has 0 radical (unpaired) electrons. The third-order valence-electron chi connectivity index (χ3n) is 4.34. The number of rotatable bonds is 5. The van der Waals surface area contributed by atoms with Crippen LogP contribution < -0.4 is 10.6 Å². The van der Waals surface area contributed by atoms with Gasteiger partial charge in [0.15, 0.2) is 0 Å². The van der Waals surface area contributed by atoms with E-state index in [0.717, 1.165) is 25.9 Å². The normalized spacial score (nSPS) is 26.3. The SMILES string of the molecule is CC(C(=O)NC1CC1)N1CCCCC1CNC(C)(C)C. The van der Waals surface area contributed by atoms with Crippen LogP contribution in [0.15, 0.2) is 0 Å². The molecule has 0 bridgehead atoms. The van der Waals surface area contributed by atoms with Crippen molar-refractivity contribution >= 4 is 5.91 Å². The summed E-state index contributed by atoms with van der Waals surface area (Å²) in [7, 11) is 0. The molecule has 20 heavy (non-hydrogen) atoms. The van der Waals surface area contributed by atoms with Crippen LogP contribution in [0.2, 0.25) is 0 Å². The minimum absolute atomic E-state index is 0.00247. The van der Waals surface area contributed by atoms with Gasteiger partial charge in [-0.25, -0.2) is 0 Å². The number of nitrogens with zero attached hydrogens (tertiary/aromatic N) is 1. The van der Waals surface area contributed by atoms with Crippen LogP contribution in [-0.2, 0) is 4.79 Å². The number of nitrogens with one attached hydrogen (secondary N) is 2. The zero-order valence-corrected chi connectivity index (χ0v) is 13.5. The molecule has 4 heteroatoms. The van der Waals surface area contributed by atoms with Gasteiger partial charge in [0, 0.05) is 24.2 Å². The molecule has 2 unspecified atom stereocenters. The Balaban J connectivity index is 1.89. The Morgan fingerprint density at radius 1 is 1.25 bits per heavy atom. The van der Waals surface area contributed by atoms with Crippen LogP contribution in [0.5, 0.6) is 0 Å². The van der Waals surface area contributed by atoms with E-state index in [9.17, 15) is 4.79 Å². The zero-order chi connectivity index (χ0) is 14.8. The highest BCUT2D eigenvalue weighted by atomic mass is 16.2. The second kappa shape index (κ2) is 6.44. The zero-order valence-electron chi connectivity index (χ0n) is 13.5. The van der Waals surface area contributed by atoms with E-state index in [2.05, 4.69) is 43.2 Å². The summed E-state index contributed by atoms with van der Waals surface area (Å²) in [4.78, 5) is 14.7. The highest BCUT2D eigenvalue weighted by molar-refractivity contribution is 5.81. The minimum atomic E-state index is 0.00247. The van der Waals surface area contributed by atoms with E-state index in [1.54, 1.807) is 0 Å². The van der Waals surface area contributed by atoms with Crippen LogP contribution in [0.3, 0.4) is 0 Å². The van der Waals surface area contributed by atoms with Gasteiger partial charge in [-0.05, 0) is 59.9 Å². The molecular weight excluding hydrogens is 250 g/mol. The number of hydrogen-bond donors (Lipinski definition) is 2. The maximum absolute atomic E-state index is 12.3. The summed E-state index contributed by atoms with van der Waals surface area (Å²) in [5.41, 5.74) is 0.141. The van der Waals surface area contributed by atoms with E-state index in [0.29, 0.717) is 12.1 Å². The fraction of sp³-hybridized carbons (Fsp3) is 0.938. The third kappa shape index (κ3) is 4.74. The van der Waals surface area contributed by atoms with Crippen molar-refractivity contribution in [2.75, 3.05) is 13.1 Å². The summed E-state index contributed by atoms with van der Waals surface area (Å²) >= 11 is 0. The predicted octanol–water partition coefficient (Wildman–Crippen LogP) is 1.90. The van der Waals surface area contributed by atoms with Gasteiger partial charge >= 0.3 is 0 Å². The molecule has 1 aliphatic carbocycles. The fourth-order valence-corrected chi connectivity index (χ4v) is 2.88. The van der Waals surface area contributed by atoms with E-state index < -0.39 is 0 Å². The molecule has 0 aromatic heterocycles. The number of piperidine rings is 1. The minimum Gasteiger partial charge on any atom is -0.352 e. The van der Waals surface area contributed by atoms with E-state index in [1.807, 2.05) is 0 Å². The van der Waals surface area contributed by atoms with Crippen molar-refractivity contribution in [1.82, 2.24) is 15.5 Å². The highest BCUT2D eigenvalue weighted by Gasteiger charge is 2.33. The van der Waals surface area contributed by atoms with Gasteiger partial charge in [0.25, 0.3) is 0 Å². The average molecular weight is 281 g/mol. The van der Waals surface area contributed by atoms with Gasteiger partial charge in [-0.2, -0.15) is 0 Å². The summed E-state index contributed by atoms with van der Waals surface area (Å²) in [5, 5.41) is 6.74. The Morgan fingerprint density at radius 3 is 2.55 bits per heavy atom. The quantitative estimate of drug-likeness (QED) is 0.809. The standard InChI is InChI=1S/C16H31N3O/c1-12(15(20)18-13-8-9-13)19-10-6-5-7-14(19)11-17-16(2,3)4/h12-14,17H,5-11H2,1-4H3,(H,18,20). The van der Waals surface area contributed by atoms with Gasteiger partial charge in [0.05, 0.1) is 6.04 Å². The maximum Gasteiger partial charge on any atom is 0.237 e. The molecule has 1 aliphatic heterocycles. The lowest BCUT2D eigenvalue weighted by Gasteiger charge is -2.40. The van der Waals surface area contributed by atoms with Crippen molar-refractivity contribution in [1.29, 1.82) is 0 Å². The predicted molar refractivity (Wildman–Crippen MR) is 82.7 cm³/mol. The molecule has 4 nitrogen and oxygen atoms in total. The lowest BCUT2D eigenvalue weighted by molar-refractivity contribution is -0.127. The molecule has 2 rings (SSSR count).